The number of hydrogen-bond acceptors (Lipinski definition) is 6. The Morgan fingerprint density at radius 2 is 1.76 bits per heavy atom. The molecule has 2 aromatic carbocycles. The van der Waals surface area contributed by atoms with Gasteiger partial charge < -0.3 is 14.4 Å². The van der Waals surface area contributed by atoms with Crippen LogP contribution in [0.25, 0.3) is 0 Å². The van der Waals surface area contributed by atoms with Crippen molar-refractivity contribution in [1.82, 2.24) is 4.90 Å². The summed E-state index contributed by atoms with van der Waals surface area (Å²) in [6, 6.07) is 9.56. The number of anilines is 1. The number of hydrogen-bond donors (Lipinski definition) is 1. The average Bonchev–Trinajstić information content (AvgIpc) is 3.27. The van der Waals surface area contributed by atoms with Gasteiger partial charge in [-0.2, -0.15) is 0 Å². The van der Waals surface area contributed by atoms with Crippen LogP contribution in [0.1, 0.15) is 23.2 Å². The number of nitrogens with one attached hydrogen (secondary N) is 1. The molecule has 0 saturated carbocycles. The lowest BCUT2D eigenvalue weighted by atomic mass is 10.2. The summed E-state index contributed by atoms with van der Waals surface area (Å²) in [7, 11) is -3.87. The van der Waals surface area contributed by atoms with Gasteiger partial charge >= 0.3 is 0 Å². The van der Waals surface area contributed by atoms with Crippen LogP contribution in [0.2, 0.25) is 0 Å². The summed E-state index contributed by atoms with van der Waals surface area (Å²) < 4.78 is 39.4. The van der Waals surface area contributed by atoms with Crippen molar-refractivity contribution in [2.75, 3.05) is 37.3 Å². The Hall–Kier alpha value is -2.39. The molecule has 2 heterocycles. The Labute approximate surface area is 174 Å². The number of carbonyl (C=O) groups is 1. The summed E-state index contributed by atoms with van der Waals surface area (Å²) in [5.74, 6) is 0.962. The number of benzene rings is 2. The van der Waals surface area contributed by atoms with Crippen LogP contribution in [-0.4, -0.2) is 51.8 Å². The third kappa shape index (κ3) is 4.16. The molecule has 0 bridgehead atoms. The van der Waals surface area contributed by atoms with Crippen molar-refractivity contribution >= 4 is 33.4 Å². The molecule has 2 aliphatic rings. The number of sulfonamides is 1. The van der Waals surface area contributed by atoms with Crippen molar-refractivity contribution in [2.24, 2.45) is 0 Å². The molecule has 0 aromatic heterocycles. The van der Waals surface area contributed by atoms with E-state index >= 15 is 0 Å². The van der Waals surface area contributed by atoms with E-state index in [2.05, 4.69) is 4.72 Å². The molecule has 0 spiro atoms. The molecule has 1 N–H and O–H groups in total. The van der Waals surface area contributed by atoms with Gasteiger partial charge in [-0.05, 0) is 49.4 Å². The molecular formula is C20H22N2O5S2. The largest absolute Gasteiger partial charge is 0.486 e. The van der Waals surface area contributed by atoms with Crippen molar-refractivity contribution in [3.8, 4) is 11.5 Å². The smallest absolute Gasteiger partial charge is 0.261 e. The zero-order chi connectivity index (χ0) is 20.4. The fraction of sp³-hybridized carbons (Fsp3) is 0.350. The summed E-state index contributed by atoms with van der Waals surface area (Å²) in [6.07, 6.45) is 3.83. The second-order valence-electron chi connectivity index (χ2n) is 6.83. The van der Waals surface area contributed by atoms with Gasteiger partial charge in [0.05, 0.1) is 16.1 Å². The Morgan fingerprint density at radius 1 is 1.03 bits per heavy atom. The van der Waals surface area contributed by atoms with Crippen LogP contribution in [-0.2, 0) is 10.0 Å². The van der Waals surface area contributed by atoms with Gasteiger partial charge in [0.1, 0.15) is 13.2 Å². The molecule has 1 fully saturated rings. The van der Waals surface area contributed by atoms with E-state index in [0.717, 1.165) is 17.7 Å². The van der Waals surface area contributed by atoms with Crippen LogP contribution >= 0.6 is 11.8 Å². The van der Waals surface area contributed by atoms with Gasteiger partial charge in [-0.1, -0.05) is 0 Å². The minimum Gasteiger partial charge on any atom is -0.486 e. The number of likely N-dealkylation sites (tertiary alicyclic amines) is 1. The average molecular weight is 435 g/mol. The Bertz CT molecular complexity index is 1030. The number of carbonyl (C=O) groups excluding carboxylic acids is 1. The van der Waals surface area contributed by atoms with Gasteiger partial charge in [-0.3, -0.25) is 9.52 Å². The molecule has 4 rings (SSSR count). The third-order valence-corrected chi connectivity index (χ3v) is 7.07. The third-order valence-electron chi connectivity index (χ3n) is 4.90. The van der Waals surface area contributed by atoms with Crippen molar-refractivity contribution in [2.45, 2.75) is 22.6 Å². The van der Waals surface area contributed by atoms with Crippen molar-refractivity contribution in [1.29, 1.82) is 0 Å². The molecule has 1 amide bonds. The lowest BCUT2D eigenvalue weighted by molar-refractivity contribution is 0.0789. The minimum atomic E-state index is -3.87. The highest BCUT2D eigenvalue weighted by Gasteiger charge is 2.25. The molecular weight excluding hydrogens is 412 g/mol. The highest BCUT2D eigenvalue weighted by Crippen LogP contribution is 2.34. The highest BCUT2D eigenvalue weighted by atomic mass is 32.2. The Kier molecular flexibility index (Phi) is 5.60. The summed E-state index contributed by atoms with van der Waals surface area (Å²) in [5, 5.41) is 0. The fourth-order valence-corrected chi connectivity index (χ4v) is 5.08. The highest BCUT2D eigenvalue weighted by molar-refractivity contribution is 7.98. The molecule has 0 atom stereocenters. The van der Waals surface area contributed by atoms with Crippen molar-refractivity contribution in [3.05, 3.63) is 42.0 Å². The van der Waals surface area contributed by atoms with Crippen LogP contribution in [0, 0.1) is 0 Å². The van der Waals surface area contributed by atoms with Crippen LogP contribution in [0.4, 0.5) is 5.69 Å². The number of thioether (sulfide) groups is 1. The summed E-state index contributed by atoms with van der Waals surface area (Å²) in [5.41, 5.74) is 0.792. The molecule has 9 heteroatoms. The summed E-state index contributed by atoms with van der Waals surface area (Å²) >= 11 is 1.43. The quantitative estimate of drug-likeness (QED) is 0.728. The van der Waals surface area contributed by atoms with E-state index in [-0.39, 0.29) is 10.8 Å². The van der Waals surface area contributed by atoms with Crippen molar-refractivity contribution < 1.29 is 22.7 Å². The number of amides is 1. The molecule has 0 radical (unpaired) electrons. The first-order chi connectivity index (χ1) is 14.0. The first kappa shape index (κ1) is 19.9. The van der Waals surface area contributed by atoms with Crippen molar-refractivity contribution in [3.63, 3.8) is 0 Å². The van der Waals surface area contributed by atoms with Crippen LogP contribution < -0.4 is 14.2 Å². The van der Waals surface area contributed by atoms with Gasteiger partial charge in [0, 0.05) is 24.1 Å². The van der Waals surface area contributed by atoms with E-state index in [1.165, 1.54) is 23.9 Å². The molecule has 7 nitrogen and oxygen atoms in total. The monoisotopic (exact) mass is 434 g/mol. The maximum atomic E-state index is 13.0. The van der Waals surface area contributed by atoms with Crippen LogP contribution in [0.5, 0.6) is 11.5 Å². The zero-order valence-corrected chi connectivity index (χ0v) is 17.6. The number of rotatable bonds is 5. The van der Waals surface area contributed by atoms with Gasteiger partial charge in [-0.15, -0.1) is 11.8 Å². The predicted molar refractivity (Wildman–Crippen MR) is 112 cm³/mol. The molecule has 0 aliphatic carbocycles. The zero-order valence-electron chi connectivity index (χ0n) is 16.0. The molecule has 2 aromatic rings. The van der Waals surface area contributed by atoms with E-state index in [9.17, 15) is 13.2 Å². The van der Waals surface area contributed by atoms with Gasteiger partial charge in [0.15, 0.2) is 11.5 Å². The number of nitrogens with zero attached hydrogens (tertiary/aromatic N) is 1. The molecule has 2 aliphatic heterocycles. The van der Waals surface area contributed by atoms with Gasteiger partial charge in [-0.25, -0.2) is 8.42 Å². The first-order valence-corrected chi connectivity index (χ1v) is 12.1. The van der Waals surface area contributed by atoms with E-state index in [1.807, 2.05) is 6.26 Å². The van der Waals surface area contributed by atoms with Crippen LogP contribution in [0.15, 0.2) is 46.2 Å². The standard InChI is InChI=1S/C20H22N2O5S2/c1-28-19-7-5-15(13-16(19)20(23)22-8-2-3-9-22)29(24,25)21-14-4-6-17-18(12-14)27-11-10-26-17/h4-7,12-13,21H,2-3,8-11H2,1H3. The van der Waals surface area contributed by atoms with E-state index in [0.29, 0.717) is 49.1 Å². The van der Waals surface area contributed by atoms with E-state index < -0.39 is 10.0 Å². The topological polar surface area (TPSA) is 84.9 Å². The normalized spacial score (nSPS) is 16.0. The molecule has 1 saturated heterocycles. The maximum Gasteiger partial charge on any atom is 0.261 e. The maximum absolute atomic E-state index is 13.0. The molecule has 29 heavy (non-hydrogen) atoms. The van der Waals surface area contributed by atoms with Gasteiger partial charge in [0.25, 0.3) is 15.9 Å². The first-order valence-electron chi connectivity index (χ1n) is 9.38. The second kappa shape index (κ2) is 8.16. The fourth-order valence-electron chi connectivity index (χ4n) is 3.43. The lowest BCUT2D eigenvalue weighted by Crippen LogP contribution is -2.28. The Balaban J connectivity index is 1.62. The Morgan fingerprint density at radius 3 is 2.48 bits per heavy atom. The molecule has 0 unspecified atom stereocenters. The summed E-state index contributed by atoms with van der Waals surface area (Å²) in [4.78, 5) is 15.5. The van der Waals surface area contributed by atoms with E-state index in [1.54, 1.807) is 29.2 Å². The molecule has 154 valence electrons. The predicted octanol–water partition coefficient (Wildman–Crippen LogP) is 3.22. The van der Waals surface area contributed by atoms with Gasteiger partial charge in [0.2, 0.25) is 0 Å². The van der Waals surface area contributed by atoms with Crippen LogP contribution in [0.3, 0.4) is 0 Å². The number of ether oxygens (including phenoxy) is 2. The SMILES string of the molecule is CSc1ccc(S(=O)(=O)Nc2ccc3c(c2)OCCO3)cc1C(=O)N1CCCC1. The minimum absolute atomic E-state index is 0.0488. The second-order valence-corrected chi connectivity index (χ2v) is 9.36. The van der Waals surface area contributed by atoms with E-state index in [4.69, 9.17) is 9.47 Å². The number of fused-ring (bicyclic) bond motifs is 1. The lowest BCUT2D eigenvalue weighted by Gasteiger charge is -2.20. The summed E-state index contributed by atoms with van der Waals surface area (Å²) in [6.45, 7) is 2.30.